The Labute approximate surface area is 314 Å². The average Bonchev–Trinajstić information content (AvgIpc) is 3.72. The molecule has 0 unspecified atom stereocenters. The highest BCUT2D eigenvalue weighted by atomic mass is 16.6. The van der Waals surface area contributed by atoms with Crippen molar-refractivity contribution >= 4 is 0 Å². The van der Waals surface area contributed by atoms with E-state index in [2.05, 4.69) is 207 Å². The third-order valence-corrected chi connectivity index (χ3v) is 7.24. The molecular weight excluding hydrogens is 656 g/mol. The van der Waals surface area contributed by atoms with Crippen molar-refractivity contribution in [2.24, 2.45) is 0 Å². The van der Waals surface area contributed by atoms with Crippen LogP contribution in [0, 0.1) is 0 Å². The minimum Gasteiger partial charge on any atom is -0.424 e. The highest BCUT2D eigenvalue weighted by Gasteiger charge is 2.32. The minimum atomic E-state index is -0.0590. The van der Waals surface area contributed by atoms with E-state index in [1.807, 2.05) is 0 Å². The summed E-state index contributed by atoms with van der Waals surface area (Å²) in [6.45, 7) is 50.1. The van der Waals surface area contributed by atoms with Crippen molar-refractivity contribution in [1.29, 1.82) is 0 Å². The van der Waals surface area contributed by atoms with Crippen molar-refractivity contribution in [3.05, 3.63) is 46.3 Å². The van der Waals surface area contributed by atoms with Crippen molar-refractivity contribution in [2.45, 2.75) is 209 Å². The van der Waals surface area contributed by atoms with Crippen LogP contribution in [0.3, 0.4) is 0 Å². The maximum atomic E-state index is 5.59. The van der Waals surface area contributed by atoms with E-state index in [1.165, 1.54) is 0 Å². The molecule has 4 heterocycles. The number of hydrogen-bond donors (Lipinski definition) is 0. The van der Waals surface area contributed by atoms with Gasteiger partial charge in [-0.15, -0.1) is 15.3 Å². The highest BCUT2D eigenvalue weighted by molar-refractivity contribution is 5.23. The molecule has 0 aliphatic carbocycles. The summed E-state index contributed by atoms with van der Waals surface area (Å²) in [5, 5.41) is 27.6. The second-order valence-electron chi connectivity index (χ2n) is 21.7. The lowest BCUT2D eigenvalue weighted by molar-refractivity contribution is 0.290. The van der Waals surface area contributed by atoms with Gasteiger partial charge >= 0.3 is 0 Å². The lowest BCUT2D eigenvalue weighted by atomic mass is 9.82. The van der Waals surface area contributed by atoms with E-state index in [9.17, 15) is 0 Å². The molecule has 4 aromatic rings. The minimum absolute atomic E-state index is 0.00259. The average molecular weight is 729 g/mol. The van der Waals surface area contributed by atoms with Gasteiger partial charge in [-0.2, -0.15) is 4.98 Å². The van der Waals surface area contributed by atoms with Crippen LogP contribution in [0.4, 0.5) is 0 Å². The lowest BCUT2D eigenvalue weighted by Crippen LogP contribution is -2.21. The van der Waals surface area contributed by atoms with Crippen LogP contribution in [0.5, 0.6) is 0 Å². The first-order chi connectivity index (χ1) is 22.9. The molecule has 52 heavy (non-hydrogen) atoms. The standard InChI is InChI=1S/4C10H18N2O/c1-9(2,3)7-11-12-8(13-7)10(4,5)6;1-9(2,3)7-11-8(13-12-7)10(4,5)6;1-9(2,3)7-8(10(4,5)6)13-12-11-7;1-9(2,3)7-8(10(4,5)6)12-13-11-7/h4*1-6H3. The Morgan fingerprint density at radius 1 is 0.346 bits per heavy atom. The molecule has 0 atom stereocenters. The zero-order valence-corrected chi connectivity index (χ0v) is 37.2. The number of nitrogens with zero attached hydrogens (tertiary/aromatic N) is 8. The lowest BCUT2D eigenvalue weighted by Gasteiger charge is -2.21. The van der Waals surface area contributed by atoms with Gasteiger partial charge in [0.1, 0.15) is 17.1 Å². The molecule has 0 aliphatic rings. The molecule has 0 radical (unpaired) electrons. The van der Waals surface area contributed by atoms with Crippen LogP contribution in [0.15, 0.2) is 18.1 Å². The van der Waals surface area contributed by atoms with Crippen LogP contribution in [-0.4, -0.2) is 41.0 Å². The Balaban J connectivity index is 0.000000347. The maximum absolute atomic E-state index is 5.59. The summed E-state index contributed by atoms with van der Waals surface area (Å²) in [7, 11) is 0. The van der Waals surface area contributed by atoms with Gasteiger partial charge in [0.05, 0.1) is 0 Å². The summed E-state index contributed by atoms with van der Waals surface area (Å²) in [5.41, 5.74) is 2.65. The summed E-state index contributed by atoms with van der Waals surface area (Å²) in [5.74, 6) is 3.78. The largest absolute Gasteiger partial charge is 0.424 e. The summed E-state index contributed by atoms with van der Waals surface area (Å²) < 4.78 is 20.8. The van der Waals surface area contributed by atoms with Crippen LogP contribution in [0.25, 0.3) is 0 Å². The van der Waals surface area contributed by atoms with Crippen LogP contribution < -0.4 is 0 Å². The van der Waals surface area contributed by atoms with Gasteiger partial charge in [-0.1, -0.05) is 182 Å². The van der Waals surface area contributed by atoms with E-state index < -0.39 is 0 Å². The van der Waals surface area contributed by atoms with Gasteiger partial charge in [0.2, 0.25) is 17.7 Å². The number of rotatable bonds is 0. The fourth-order valence-corrected chi connectivity index (χ4v) is 4.01. The third kappa shape index (κ3) is 14.2. The van der Waals surface area contributed by atoms with Crippen LogP contribution >= 0.6 is 0 Å². The van der Waals surface area contributed by atoms with Gasteiger partial charge < -0.3 is 13.5 Å². The molecule has 12 heteroatoms. The molecular formula is C40H72N8O4. The predicted molar refractivity (Wildman–Crippen MR) is 207 cm³/mol. The number of aromatic nitrogens is 8. The Bertz CT molecular complexity index is 1410. The highest BCUT2D eigenvalue weighted by Crippen LogP contribution is 2.33. The van der Waals surface area contributed by atoms with Gasteiger partial charge in [0.25, 0.3) is 0 Å². The SMILES string of the molecule is CC(C)(C)c1nnc(C(C)(C)C)o1.CC(C)(C)c1nnoc1C(C)(C)C.CC(C)(C)c1noc(C(C)(C)C)n1.CC(C)(C)c1nonc1C(C)(C)C. The van der Waals surface area contributed by atoms with Gasteiger partial charge in [-0.05, 0) is 0 Å². The summed E-state index contributed by atoms with van der Waals surface area (Å²) in [4.78, 5) is 4.38. The molecule has 0 aromatic carbocycles. The van der Waals surface area contributed by atoms with Gasteiger partial charge in [-0.25, -0.2) is 4.63 Å². The van der Waals surface area contributed by atoms with Gasteiger partial charge in [0, 0.05) is 48.6 Å². The molecule has 0 fully saturated rings. The van der Waals surface area contributed by atoms with Crippen molar-refractivity contribution in [3.8, 4) is 0 Å². The summed E-state index contributed by atoms with van der Waals surface area (Å²) in [6, 6.07) is 0. The summed E-state index contributed by atoms with van der Waals surface area (Å²) >= 11 is 0. The van der Waals surface area contributed by atoms with E-state index in [-0.39, 0.29) is 43.3 Å². The van der Waals surface area contributed by atoms with E-state index >= 15 is 0 Å². The topological polar surface area (TPSA) is 156 Å². The zero-order chi connectivity index (χ0) is 41.1. The first-order valence-electron chi connectivity index (χ1n) is 18.2. The fraction of sp³-hybridized carbons (Fsp3) is 0.800. The van der Waals surface area contributed by atoms with Gasteiger partial charge in [0.15, 0.2) is 11.6 Å². The smallest absolute Gasteiger partial charge is 0.232 e. The monoisotopic (exact) mass is 729 g/mol. The van der Waals surface area contributed by atoms with Crippen molar-refractivity contribution in [1.82, 2.24) is 41.0 Å². The quantitative estimate of drug-likeness (QED) is 0.169. The van der Waals surface area contributed by atoms with Crippen LogP contribution in [-0.2, 0) is 43.3 Å². The van der Waals surface area contributed by atoms with E-state index in [0.29, 0.717) is 17.7 Å². The Kier molecular flexibility index (Phi) is 14.2. The maximum Gasteiger partial charge on any atom is 0.232 e. The second-order valence-corrected chi connectivity index (χ2v) is 21.7. The third-order valence-electron chi connectivity index (χ3n) is 7.24. The van der Waals surface area contributed by atoms with Gasteiger partial charge in [-0.3, -0.25) is 0 Å². The Morgan fingerprint density at radius 3 is 0.962 bits per heavy atom. The molecule has 0 spiro atoms. The molecule has 0 amide bonds. The first kappa shape index (κ1) is 46.6. The number of hydrogen-bond acceptors (Lipinski definition) is 12. The molecule has 0 bridgehead atoms. The molecule has 0 saturated heterocycles. The van der Waals surface area contributed by atoms with Crippen molar-refractivity contribution < 1.29 is 18.1 Å². The molecule has 4 rings (SSSR count). The van der Waals surface area contributed by atoms with E-state index in [0.717, 1.165) is 28.7 Å². The van der Waals surface area contributed by atoms with E-state index in [1.54, 1.807) is 0 Å². The van der Waals surface area contributed by atoms with Crippen LogP contribution in [0.2, 0.25) is 0 Å². The normalized spacial score (nSPS) is 13.4. The first-order valence-corrected chi connectivity index (χ1v) is 18.2. The molecule has 4 aromatic heterocycles. The van der Waals surface area contributed by atoms with E-state index in [4.69, 9.17) is 18.1 Å². The molecule has 0 N–H and O–H groups in total. The Hall–Kier alpha value is -3.44. The second kappa shape index (κ2) is 15.9. The summed E-state index contributed by atoms with van der Waals surface area (Å²) in [6.07, 6.45) is 0. The molecule has 0 saturated carbocycles. The zero-order valence-electron chi connectivity index (χ0n) is 37.2. The predicted octanol–water partition coefficient (Wildman–Crippen LogP) is 10.7. The van der Waals surface area contributed by atoms with Crippen molar-refractivity contribution in [2.75, 3.05) is 0 Å². The molecule has 296 valence electrons. The fourth-order valence-electron chi connectivity index (χ4n) is 4.01. The molecule has 0 aliphatic heterocycles. The molecule has 12 nitrogen and oxygen atoms in total. The Morgan fingerprint density at radius 2 is 0.731 bits per heavy atom. The van der Waals surface area contributed by atoms with Crippen LogP contribution in [0.1, 0.15) is 213 Å². The van der Waals surface area contributed by atoms with Crippen molar-refractivity contribution in [3.63, 3.8) is 0 Å².